The van der Waals surface area contributed by atoms with Gasteiger partial charge < -0.3 is 9.64 Å². The first-order valence-corrected chi connectivity index (χ1v) is 6.98. The highest BCUT2D eigenvalue weighted by Gasteiger charge is 2.09. The maximum absolute atomic E-state index is 13.2. The van der Waals surface area contributed by atoms with E-state index in [-0.39, 0.29) is 10.6 Å². The van der Waals surface area contributed by atoms with Gasteiger partial charge in [0, 0.05) is 24.7 Å². The van der Waals surface area contributed by atoms with Crippen molar-refractivity contribution in [2.45, 2.75) is 11.4 Å². The van der Waals surface area contributed by atoms with Crippen LogP contribution in [0.5, 0.6) is 0 Å². The van der Waals surface area contributed by atoms with Crippen molar-refractivity contribution in [1.29, 1.82) is 0 Å². The number of benzene rings is 1. The van der Waals surface area contributed by atoms with Gasteiger partial charge in [0.2, 0.25) is 0 Å². The molecule has 1 unspecified atom stereocenters. The lowest BCUT2D eigenvalue weighted by molar-refractivity contribution is 0.185. The molecule has 5 heteroatoms. The fraction of sp³-hybridized carbons (Fsp3) is 0.500. The van der Waals surface area contributed by atoms with Crippen molar-refractivity contribution >= 4 is 31.9 Å². The topological polar surface area (TPSA) is 12.5 Å². The van der Waals surface area contributed by atoms with Crippen LogP contribution in [0, 0.1) is 5.82 Å². The Morgan fingerprint density at radius 3 is 2.71 bits per heavy atom. The standard InChI is InChI=1S/C12H16Br2FNO/c1-16(7-11(14)8-17-2)6-9-3-10(13)5-12(15)4-9/h3-5,11H,6-8H2,1-2H3. The molecule has 0 amide bonds. The highest BCUT2D eigenvalue weighted by molar-refractivity contribution is 9.10. The van der Waals surface area contributed by atoms with E-state index in [2.05, 4.69) is 36.8 Å². The number of alkyl halides is 1. The highest BCUT2D eigenvalue weighted by Crippen LogP contribution is 2.16. The zero-order valence-electron chi connectivity index (χ0n) is 9.92. The molecule has 0 aliphatic heterocycles. The van der Waals surface area contributed by atoms with E-state index in [4.69, 9.17) is 4.74 Å². The Kier molecular flexibility index (Phi) is 6.62. The molecule has 0 N–H and O–H groups in total. The zero-order valence-corrected chi connectivity index (χ0v) is 13.1. The summed E-state index contributed by atoms with van der Waals surface area (Å²) < 4.78 is 19.0. The first-order valence-electron chi connectivity index (χ1n) is 5.27. The molecule has 1 rings (SSSR count). The third-order valence-electron chi connectivity index (χ3n) is 2.23. The minimum Gasteiger partial charge on any atom is -0.383 e. The van der Waals surface area contributed by atoms with Crippen molar-refractivity contribution in [2.24, 2.45) is 0 Å². The van der Waals surface area contributed by atoms with Gasteiger partial charge in [-0.05, 0) is 30.8 Å². The zero-order chi connectivity index (χ0) is 12.8. The predicted molar refractivity (Wildman–Crippen MR) is 75.0 cm³/mol. The van der Waals surface area contributed by atoms with Crippen LogP contribution in [0.25, 0.3) is 0 Å². The first kappa shape index (κ1) is 15.1. The minimum atomic E-state index is -0.213. The molecule has 1 atom stereocenters. The van der Waals surface area contributed by atoms with Crippen LogP contribution < -0.4 is 0 Å². The molecular weight excluding hydrogens is 353 g/mol. The maximum atomic E-state index is 13.2. The molecule has 1 aromatic rings. The van der Waals surface area contributed by atoms with Gasteiger partial charge in [0.25, 0.3) is 0 Å². The minimum absolute atomic E-state index is 0.213. The lowest BCUT2D eigenvalue weighted by atomic mass is 10.2. The second-order valence-corrected chi connectivity index (χ2v) is 6.24. The number of halogens is 3. The second kappa shape index (κ2) is 7.46. The molecule has 0 fully saturated rings. The van der Waals surface area contributed by atoms with E-state index in [0.29, 0.717) is 13.2 Å². The van der Waals surface area contributed by atoms with Gasteiger partial charge in [-0.15, -0.1) is 0 Å². The number of hydrogen-bond acceptors (Lipinski definition) is 2. The Labute approximate surface area is 118 Å². The van der Waals surface area contributed by atoms with Crippen molar-refractivity contribution in [3.63, 3.8) is 0 Å². The van der Waals surface area contributed by atoms with Gasteiger partial charge in [-0.1, -0.05) is 31.9 Å². The van der Waals surface area contributed by atoms with Crippen LogP contribution in [0.3, 0.4) is 0 Å². The van der Waals surface area contributed by atoms with E-state index in [0.717, 1.165) is 16.6 Å². The van der Waals surface area contributed by atoms with Crippen LogP contribution >= 0.6 is 31.9 Å². The summed E-state index contributed by atoms with van der Waals surface area (Å²) in [4.78, 5) is 2.41. The summed E-state index contributed by atoms with van der Waals surface area (Å²) >= 11 is 6.82. The Bertz CT molecular complexity index is 342. The molecule has 96 valence electrons. The molecule has 1 aromatic carbocycles. The fourth-order valence-corrected chi connectivity index (χ4v) is 2.92. The monoisotopic (exact) mass is 367 g/mol. The summed E-state index contributed by atoms with van der Waals surface area (Å²) in [6.07, 6.45) is 0. The highest BCUT2D eigenvalue weighted by atomic mass is 79.9. The van der Waals surface area contributed by atoms with Gasteiger partial charge >= 0.3 is 0 Å². The van der Waals surface area contributed by atoms with Crippen LogP contribution in [0.4, 0.5) is 4.39 Å². The van der Waals surface area contributed by atoms with Crippen LogP contribution in [0.15, 0.2) is 22.7 Å². The van der Waals surface area contributed by atoms with Gasteiger partial charge in [0.1, 0.15) is 5.82 Å². The Morgan fingerprint density at radius 2 is 2.12 bits per heavy atom. The smallest absolute Gasteiger partial charge is 0.124 e. The lowest BCUT2D eigenvalue weighted by Gasteiger charge is -2.20. The SMILES string of the molecule is COCC(Br)CN(C)Cc1cc(F)cc(Br)c1. The van der Waals surface area contributed by atoms with E-state index >= 15 is 0 Å². The summed E-state index contributed by atoms with van der Waals surface area (Å²) in [6, 6.07) is 4.95. The molecule has 0 radical (unpaired) electrons. The first-order chi connectivity index (χ1) is 8.01. The number of nitrogens with zero attached hydrogens (tertiary/aromatic N) is 1. The molecule has 0 aromatic heterocycles. The molecule has 0 heterocycles. The van der Waals surface area contributed by atoms with Crippen LogP contribution in [0.1, 0.15) is 5.56 Å². The van der Waals surface area contributed by atoms with Gasteiger partial charge in [0.05, 0.1) is 11.4 Å². The number of ether oxygens (including phenoxy) is 1. The summed E-state index contributed by atoms with van der Waals surface area (Å²) in [6.45, 7) is 2.22. The third kappa shape index (κ3) is 5.95. The Morgan fingerprint density at radius 1 is 1.41 bits per heavy atom. The Hall–Kier alpha value is 0.0300. The molecule has 17 heavy (non-hydrogen) atoms. The molecule has 0 spiro atoms. The van der Waals surface area contributed by atoms with E-state index in [9.17, 15) is 4.39 Å². The molecular formula is C12H16Br2FNO. The van der Waals surface area contributed by atoms with Gasteiger partial charge in [0.15, 0.2) is 0 Å². The average molecular weight is 369 g/mol. The second-order valence-electron chi connectivity index (χ2n) is 4.03. The van der Waals surface area contributed by atoms with Crippen LogP contribution in [-0.4, -0.2) is 37.0 Å². The van der Waals surface area contributed by atoms with Crippen LogP contribution in [-0.2, 0) is 11.3 Å². The third-order valence-corrected chi connectivity index (χ3v) is 3.24. The largest absolute Gasteiger partial charge is 0.383 e. The summed E-state index contributed by atoms with van der Waals surface area (Å²) in [5, 5.41) is 0. The van der Waals surface area contributed by atoms with Crippen LogP contribution in [0.2, 0.25) is 0 Å². The lowest BCUT2D eigenvalue weighted by Crippen LogP contribution is -2.28. The molecule has 2 nitrogen and oxygen atoms in total. The fourth-order valence-electron chi connectivity index (χ4n) is 1.65. The van der Waals surface area contributed by atoms with E-state index in [1.54, 1.807) is 13.2 Å². The van der Waals surface area contributed by atoms with E-state index in [1.165, 1.54) is 6.07 Å². The predicted octanol–water partition coefficient (Wildman–Crippen LogP) is 3.43. The molecule has 0 aliphatic rings. The summed E-state index contributed by atoms with van der Waals surface area (Å²) in [5.74, 6) is -0.213. The van der Waals surface area contributed by atoms with Crippen molar-refractivity contribution in [1.82, 2.24) is 4.90 Å². The number of methoxy groups -OCH3 is 1. The van der Waals surface area contributed by atoms with Gasteiger partial charge in [-0.25, -0.2) is 4.39 Å². The van der Waals surface area contributed by atoms with E-state index in [1.807, 2.05) is 13.1 Å². The quantitative estimate of drug-likeness (QED) is 0.713. The van der Waals surface area contributed by atoms with Crippen molar-refractivity contribution < 1.29 is 9.13 Å². The molecule has 0 aliphatic carbocycles. The van der Waals surface area contributed by atoms with Gasteiger partial charge in [-0.2, -0.15) is 0 Å². The summed E-state index contributed by atoms with van der Waals surface area (Å²) in [7, 11) is 3.68. The van der Waals surface area contributed by atoms with Gasteiger partial charge in [-0.3, -0.25) is 0 Å². The normalized spacial score (nSPS) is 13.1. The molecule has 0 saturated carbocycles. The van der Waals surface area contributed by atoms with E-state index < -0.39 is 0 Å². The average Bonchev–Trinajstić information content (AvgIpc) is 2.14. The van der Waals surface area contributed by atoms with Crippen molar-refractivity contribution in [3.8, 4) is 0 Å². The Balaban J connectivity index is 2.52. The van der Waals surface area contributed by atoms with Crippen molar-refractivity contribution in [2.75, 3.05) is 27.3 Å². The number of rotatable bonds is 6. The summed E-state index contributed by atoms with van der Waals surface area (Å²) in [5.41, 5.74) is 0.955. The molecule has 0 bridgehead atoms. The number of hydrogen-bond donors (Lipinski definition) is 0. The maximum Gasteiger partial charge on any atom is 0.124 e. The molecule has 0 saturated heterocycles. The van der Waals surface area contributed by atoms with Crippen molar-refractivity contribution in [3.05, 3.63) is 34.1 Å².